The first kappa shape index (κ1) is 11.9. The molecule has 2 heterocycles. The van der Waals surface area contributed by atoms with Crippen LogP contribution < -0.4 is 0 Å². The predicted octanol–water partition coefficient (Wildman–Crippen LogP) is 2.02. The summed E-state index contributed by atoms with van der Waals surface area (Å²) in [6.45, 7) is 4.04. The number of fused-ring (bicyclic) bond motifs is 1. The zero-order valence-electron chi connectivity index (χ0n) is 10.8. The first-order valence-corrected chi connectivity index (χ1v) is 6.18. The molecule has 1 fully saturated rings. The van der Waals surface area contributed by atoms with Gasteiger partial charge in [0, 0.05) is 18.5 Å². The van der Waals surface area contributed by atoms with Gasteiger partial charge in [0.1, 0.15) is 5.52 Å². The van der Waals surface area contributed by atoms with Gasteiger partial charge >= 0.3 is 0 Å². The zero-order chi connectivity index (χ0) is 13.6. The summed E-state index contributed by atoms with van der Waals surface area (Å²) in [6, 6.07) is 5.13. The molecule has 0 aliphatic carbocycles. The maximum Gasteiger partial charge on any atom is 0.254 e. The Morgan fingerprint density at radius 2 is 2.21 bits per heavy atom. The molecular formula is C14H14N2O3. The molecule has 0 N–H and O–H groups in total. The smallest absolute Gasteiger partial charge is 0.254 e. The standard InChI is InChI=1S/C14H14N2O3/c1-14(2)12(17)5-6-16(14)13(18)9-3-4-10-11(7-9)19-8-15-10/h3-4,7-8H,5-6H2,1-2H3. The largest absolute Gasteiger partial charge is 0.443 e. The molecule has 1 aliphatic rings. The van der Waals surface area contributed by atoms with Crippen molar-refractivity contribution in [2.24, 2.45) is 0 Å². The van der Waals surface area contributed by atoms with E-state index in [-0.39, 0.29) is 11.7 Å². The summed E-state index contributed by atoms with van der Waals surface area (Å²) in [4.78, 5) is 29.9. The highest BCUT2D eigenvalue weighted by Gasteiger charge is 2.42. The number of oxazole rings is 1. The van der Waals surface area contributed by atoms with Gasteiger partial charge in [0.05, 0.1) is 5.54 Å². The van der Waals surface area contributed by atoms with E-state index in [1.165, 1.54) is 6.39 Å². The number of carbonyl (C=O) groups is 2. The van der Waals surface area contributed by atoms with Crippen LogP contribution >= 0.6 is 0 Å². The Morgan fingerprint density at radius 3 is 2.89 bits per heavy atom. The molecule has 1 aromatic carbocycles. The SMILES string of the molecule is CC1(C)C(=O)CCN1C(=O)c1ccc2ncoc2c1. The molecule has 1 amide bonds. The quantitative estimate of drug-likeness (QED) is 0.785. The second-order valence-corrected chi connectivity index (χ2v) is 5.22. The zero-order valence-corrected chi connectivity index (χ0v) is 10.8. The topological polar surface area (TPSA) is 63.4 Å². The van der Waals surface area contributed by atoms with E-state index in [0.29, 0.717) is 29.6 Å². The molecule has 0 spiro atoms. The van der Waals surface area contributed by atoms with Crippen LogP contribution in [0.15, 0.2) is 29.0 Å². The Hall–Kier alpha value is -2.17. The summed E-state index contributed by atoms with van der Waals surface area (Å²) in [5.41, 5.74) is 1.09. The molecule has 3 rings (SSSR count). The molecule has 5 nitrogen and oxygen atoms in total. The molecule has 0 radical (unpaired) electrons. The second-order valence-electron chi connectivity index (χ2n) is 5.22. The summed E-state index contributed by atoms with van der Waals surface area (Å²) in [5.74, 6) is -0.0456. The highest BCUT2D eigenvalue weighted by atomic mass is 16.3. The first-order chi connectivity index (χ1) is 9.00. The van der Waals surface area contributed by atoms with Gasteiger partial charge in [-0.2, -0.15) is 0 Å². The van der Waals surface area contributed by atoms with E-state index in [1.807, 2.05) is 0 Å². The van der Waals surface area contributed by atoms with Gasteiger partial charge in [0.2, 0.25) is 0 Å². The van der Waals surface area contributed by atoms with Crippen LogP contribution in [-0.2, 0) is 4.79 Å². The number of benzene rings is 1. The molecule has 1 aliphatic heterocycles. The van der Waals surface area contributed by atoms with Crippen molar-refractivity contribution in [2.75, 3.05) is 6.54 Å². The molecule has 0 atom stereocenters. The number of rotatable bonds is 1. The second kappa shape index (κ2) is 3.91. The number of carbonyl (C=O) groups excluding carboxylic acids is 2. The number of nitrogens with zero attached hydrogens (tertiary/aromatic N) is 2. The molecule has 1 aromatic heterocycles. The number of hydrogen-bond donors (Lipinski definition) is 0. The lowest BCUT2D eigenvalue weighted by atomic mass is 10.00. The molecule has 0 saturated carbocycles. The summed E-state index contributed by atoms with van der Waals surface area (Å²) in [6.07, 6.45) is 1.77. The van der Waals surface area contributed by atoms with E-state index < -0.39 is 5.54 Å². The van der Waals surface area contributed by atoms with E-state index >= 15 is 0 Å². The van der Waals surface area contributed by atoms with E-state index in [1.54, 1.807) is 36.9 Å². The van der Waals surface area contributed by atoms with Crippen LogP contribution in [0.2, 0.25) is 0 Å². The lowest BCUT2D eigenvalue weighted by molar-refractivity contribution is -0.123. The maximum atomic E-state index is 12.5. The van der Waals surface area contributed by atoms with Crippen LogP contribution in [0.5, 0.6) is 0 Å². The van der Waals surface area contributed by atoms with Crippen molar-refractivity contribution in [3.8, 4) is 0 Å². The van der Waals surface area contributed by atoms with Gasteiger partial charge in [-0.15, -0.1) is 0 Å². The van der Waals surface area contributed by atoms with Gasteiger partial charge in [-0.1, -0.05) is 0 Å². The van der Waals surface area contributed by atoms with Crippen molar-refractivity contribution < 1.29 is 14.0 Å². The van der Waals surface area contributed by atoms with Crippen molar-refractivity contribution in [2.45, 2.75) is 25.8 Å². The Bertz CT molecular complexity index is 672. The van der Waals surface area contributed by atoms with Crippen molar-refractivity contribution in [3.05, 3.63) is 30.2 Å². The van der Waals surface area contributed by atoms with Gasteiger partial charge in [-0.05, 0) is 32.0 Å². The number of ketones is 1. The van der Waals surface area contributed by atoms with Gasteiger partial charge in [-0.3, -0.25) is 9.59 Å². The fourth-order valence-electron chi connectivity index (χ4n) is 2.45. The van der Waals surface area contributed by atoms with Gasteiger partial charge in [-0.25, -0.2) is 4.98 Å². The van der Waals surface area contributed by atoms with Crippen molar-refractivity contribution in [3.63, 3.8) is 0 Å². The van der Waals surface area contributed by atoms with Crippen molar-refractivity contribution in [1.82, 2.24) is 9.88 Å². The van der Waals surface area contributed by atoms with Gasteiger partial charge in [0.25, 0.3) is 5.91 Å². The molecule has 0 bridgehead atoms. The van der Waals surface area contributed by atoms with Crippen LogP contribution in [0.4, 0.5) is 0 Å². The third kappa shape index (κ3) is 1.73. The highest BCUT2D eigenvalue weighted by Crippen LogP contribution is 2.27. The van der Waals surface area contributed by atoms with E-state index in [4.69, 9.17) is 4.42 Å². The number of Topliss-reactive ketones (excluding diaryl/α,β-unsaturated/α-hetero) is 1. The van der Waals surface area contributed by atoms with Gasteiger partial charge in [0.15, 0.2) is 17.8 Å². The minimum absolute atomic E-state index is 0.0987. The fraction of sp³-hybridized carbons (Fsp3) is 0.357. The van der Waals surface area contributed by atoms with Crippen LogP contribution in [0.25, 0.3) is 11.1 Å². The predicted molar refractivity (Wildman–Crippen MR) is 68.7 cm³/mol. The van der Waals surface area contributed by atoms with Gasteiger partial charge < -0.3 is 9.32 Å². The summed E-state index contributed by atoms with van der Waals surface area (Å²) in [5, 5.41) is 0. The first-order valence-electron chi connectivity index (χ1n) is 6.18. The van der Waals surface area contributed by atoms with Crippen LogP contribution in [0.3, 0.4) is 0 Å². The number of aromatic nitrogens is 1. The van der Waals surface area contributed by atoms with Crippen molar-refractivity contribution in [1.29, 1.82) is 0 Å². The number of likely N-dealkylation sites (tertiary alicyclic amines) is 1. The van der Waals surface area contributed by atoms with Crippen LogP contribution in [0, 0.1) is 0 Å². The highest BCUT2D eigenvalue weighted by molar-refractivity contribution is 6.03. The average molecular weight is 258 g/mol. The Balaban J connectivity index is 1.97. The molecule has 1 saturated heterocycles. The average Bonchev–Trinajstić information content (AvgIpc) is 2.94. The Morgan fingerprint density at radius 1 is 1.42 bits per heavy atom. The van der Waals surface area contributed by atoms with Crippen LogP contribution in [0.1, 0.15) is 30.6 Å². The monoisotopic (exact) mass is 258 g/mol. The lowest BCUT2D eigenvalue weighted by Crippen LogP contribution is -2.46. The normalized spacial score (nSPS) is 18.2. The summed E-state index contributed by atoms with van der Waals surface area (Å²) < 4.78 is 5.20. The minimum atomic E-state index is -0.729. The Labute approximate surface area is 110 Å². The van der Waals surface area contributed by atoms with Crippen molar-refractivity contribution >= 4 is 22.8 Å². The molecule has 2 aromatic rings. The third-order valence-corrected chi connectivity index (χ3v) is 3.74. The summed E-state index contributed by atoms with van der Waals surface area (Å²) in [7, 11) is 0. The van der Waals surface area contributed by atoms with E-state index in [0.717, 1.165) is 0 Å². The lowest BCUT2D eigenvalue weighted by Gasteiger charge is -2.30. The van der Waals surface area contributed by atoms with E-state index in [2.05, 4.69) is 4.98 Å². The molecule has 19 heavy (non-hydrogen) atoms. The van der Waals surface area contributed by atoms with Crippen LogP contribution in [-0.4, -0.2) is 33.7 Å². The number of amides is 1. The Kier molecular flexibility index (Phi) is 2.45. The third-order valence-electron chi connectivity index (χ3n) is 3.74. The summed E-state index contributed by atoms with van der Waals surface area (Å²) >= 11 is 0. The fourth-order valence-corrected chi connectivity index (χ4v) is 2.45. The molecular weight excluding hydrogens is 244 g/mol. The number of hydrogen-bond acceptors (Lipinski definition) is 4. The minimum Gasteiger partial charge on any atom is -0.443 e. The maximum absolute atomic E-state index is 12.5. The molecule has 5 heteroatoms. The molecule has 98 valence electrons. The molecule has 0 unspecified atom stereocenters. The van der Waals surface area contributed by atoms with E-state index in [9.17, 15) is 9.59 Å².